The van der Waals surface area contributed by atoms with E-state index >= 15 is 0 Å². The predicted octanol–water partition coefficient (Wildman–Crippen LogP) is -4.06. The van der Waals surface area contributed by atoms with Crippen LogP contribution in [0.2, 0.25) is 10.0 Å². The molecule has 0 bridgehead atoms. The number of aromatic carboxylic acids is 2. The number of hydrogen-bond acceptors (Lipinski definition) is 10. The van der Waals surface area contributed by atoms with E-state index < -0.39 is 26.2 Å². The number of hydrogen-bond donors (Lipinski definition) is 2. The summed E-state index contributed by atoms with van der Waals surface area (Å²) in [5.74, 6) is 2.30. The SMILES string of the molecule is CC(C)CCCC(C)[C@H]1CC[C@H]2[C@@H]3CCC4C[C@@H](CCC=C(c5cc(Cl)c(OCc6ccccc6B([O-])O)c(C(=O)[O-])c5)c5cc(Cl)c(OCc6ccccc6B([O-])O)c(C(=O)[O-])c5)CC[C@]4(C)[C@H]3CC[C@]12C.[Na+].[Na+].[Na+].[Na+]. The largest absolute Gasteiger partial charge is 1.00 e. The minimum absolute atomic E-state index is 0. The molecule has 4 aliphatic rings. The van der Waals surface area contributed by atoms with Gasteiger partial charge in [-0.15, -0.1) is 0 Å². The van der Waals surface area contributed by atoms with E-state index in [0.29, 0.717) is 56.9 Å². The van der Waals surface area contributed by atoms with Crippen LogP contribution < -0.4 is 159 Å². The maximum absolute atomic E-state index is 12.9. The van der Waals surface area contributed by atoms with Gasteiger partial charge in [-0.05, 0) is 181 Å². The molecular weight excluding hydrogens is 1050 g/mol. The minimum atomic E-state index is -2.04. The summed E-state index contributed by atoms with van der Waals surface area (Å²) in [6, 6.07) is 18.4. The summed E-state index contributed by atoms with van der Waals surface area (Å²) in [7, 11) is -4.08. The minimum Gasteiger partial charge on any atom is -0.853 e. The fourth-order valence-electron chi connectivity index (χ4n) is 14.7. The van der Waals surface area contributed by atoms with Gasteiger partial charge in [-0.2, -0.15) is 0 Å². The Hall–Kier alpha value is -0.290. The van der Waals surface area contributed by atoms with Crippen LogP contribution in [0.4, 0.5) is 0 Å². The van der Waals surface area contributed by atoms with Crippen LogP contribution in [0.5, 0.6) is 11.5 Å². The first-order valence-electron chi connectivity index (χ1n) is 26.7. The Kier molecular flexibility index (Phi) is 27.4. The van der Waals surface area contributed by atoms with Crippen molar-refractivity contribution in [1.29, 1.82) is 0 Å². The third-order valence-corrected chi connectivity index (χ3v) is 19.0. The molecule has 0 aromatic heterocycles. The summed E-state index contributed by atoms with van der Waals surface area (Å²) < 4.78 is 11.9. The van der Waals surface area contributed by atoms with Gasteiger partial charge < -0.3 is 49.4 Å². The molecule has 0 radical (unpaired) electrons. The van der Waals surface area contributed by atoms with Gasteiger partial charge in [0.15, 0.2) is 0 Å². The number of benzene rings is 4. The fourth-order valence-corrected chi connectivity index (χ4v) is 15.3. The Labute approximate surface area is 556 Å². The molecule has 4 aromatic rings. The van der Waals surface area contributed by atoms with Gasteiger partial charge in [-0.25, -0.2) is 0 Å². The predicted molar refractivity (Wildman–Crippen MR) is 281 cm³/mol. The van der Waals surface area contributed by atoms with Crippen molar-refractivity contribution in [3.05, 3.63) is 122 Å². The molecule has 2 unspecified atom stereocenters. The van der Waals surface area contributed by atoms with Crippen LogP contribution in [0, 0.1) is 58.2 Å². The maximum atomic E-state index is 12.9. The normalized spacial score (nSPS) is 24.4. The van der Waals surface area contributed by atoms with Crippen molar-refractivity contribution >= 4 is 65.9 Å². The monoisotopic (exact) mass is 1120 g/mol. The van der Waals surface area contributed by atoms with Crippen LogP contribution in [-0.4, -0.2) is 36.2 Å². The standard InChI is InChI=1S/C59H72B2Cl2O10.4Na/c1-35(2)12-10-13-36(3)47-22-23-48-44-21-20-42-28-37(24-26-58(42,4)49(44)25-27-59(47,48)5)14-11-17-43(40-29-45(56(64)65)54(52(62)31-40)72-33-38-15-6-8-18-50(38)60(68)69)41-30-46(57(66)67)55(53(63)32-41)73-34-39-16-7-9-19-51(39)61(70)71;;;;/h6-9,15-19,29-32,35-37,42,44,47-49,68,70H,10-14,20-28,33-34H2,1-5H3,(H,64,65)(H,66,67);;;;/q-2;4*+1/p-2/t36?,37-,42?,44-,47+,48-,49-,58-,59+;;;;/m0..../s1. The number of allylic oxidation sites excluding steroid dienone is 1. The molecule has 9 atom stereocenters. The zero-order valence-corrected chi connectivity index (χ0v) is 56.5. The second-order valence-corrected chi connectivity index (χ2v) is 23.8. The molecule has 4 aliphatic carbocycles. The maximum Gasteiger partial charge on any atom is 1.00 e. The second kappa shape index (κ2) is 30.5. The Bertz CT molecular complexity index is 2550. The Morgan fingerprint density at radius 2 is 1.21 bits per heavy atom. The summed E-state index contributed by atoms with van der Waals surface area (Å²) >= 11 is 13.7. The molecule has 18 heteroatoms. The molecule has 0 aliphatic heterocycles. The molecule has 390 valence electrons. The van der Waals surface area contributed by atoms with Gasteiger partial charge in [0.2, 0.25) is 14.2 Å². The van der Waals surface area contributed by atoms with E-state index in [9.17, 15) is 39.9 Å². The average Bonchev–Trinajstić information content (AvgIpc) is 3.72. The van der Waals surface area contributed by atoms with E-state index in [1.54, 1.807) is 36.4 Å². The van der Waals surface area contributed by atoms with Gasteiger partial charge in [0.1, 0.15) is 24.7 Å². The third kappa shape index (κ3) is 15.7. The quantitative estimate of drug-likeness (QED) is 0.0827. The van der Waals surface area contributed by atoms with Crippen molar-refractivity contribution in [3.8, 4) is 11.5 Å². The molecule has 2 N–H and O–H groups in total. The van der Waals surface area contributed by atoms with Gasteiger partial charge in [0.25, 0.3) is 0 Å². The van der Waals surface area contributed by atoms with E-state index in [0.717, 1.165) is 54.8 Å². The molecule has 4 aromatic carbocycles. The molecule has 10 nitrogen and oxygen atoms in total. The number of carboxylic acids is 2. The molecule has 8 rings (SSSR count). The fraction of sp³-hybridized carbons (Fsp3) is 0.525. The van der Waals surface area contributed by atoms with Gasteiger partial charge in [0, 0.05) is 11.1 Å². The van der Waals surface area contributed by atoms with Crippen LogP contribution >= 0.6 is 23.2 Å². The third-order valence-electron chi connectivity index (χ3n) is 18.4. The van der Waals surface area contributed by atoms with Crippen molar-refractivity contribution in [1.82, 2.24) is 0 Å². The van der Waals surface area contributed by atoms with Crippen LogP contribution in [0.15, 0.2) is 78.9 Å². The number of halogens is 2. The first-order valence-corrected chi connectivity index (χ1v) is 27.5. The van der Waals surface area contributed by atoms with E-state index in [1.807, 2.05) is 6.08 Å². The Morgan fingerprint density at radius 1 is 0.701 bits per heavy atom. The molecule has 0 heterocycles. The van der Waals surface area contributed by atoms with Crippen LogP contribution in [0.3, 0.4) is 0 Å². The molecule has 0 spiro atoms. The number of carbonyl (C=O) groups excluding carboxylic acids is 2. The van der Waals surface area contributed by atoms with Crippen LogP contribution in [0.25, 0.3) is 5.57 Å². The summed E-state index contributed by atoms with van der Waals surface area (Å²) in [4.78, 5) is 25.7. The van der Waals surface area contributed by atoms with Crippen molar-refractivity contribution < 1.29 is 168 Å². The van der Waals surface area contributed by atoms with Crippen LogP contribution in [0.1, 0.15) is 167 Å². The first kappa shape index (κ1) is 69.2. The number of carbonyl (C=O) groups is 2. The number of ether oxygens (including phenoxy) is 2. The first-order chi connectivity index (χ1) is 34.8. The molecule has 77 heavy (non-hydrogen) atoms. The summed E-state index contributed by atoms with van der Waals surface area (Å²) in [6.07, 6.45) is 18.9. The Balaban J connectivity index is 0.00000320. The second-order valence-electron chi connectivity index (χ2n) is 22.9. The van der Waals surface area contributed by atoms with E-state index in [-0.39, 0.29) is 175 Å². The van der Waals surface area contributed by atoms with Crippen LogP contribution in [-0.2, 0) is 13.2 Å². The molecular formula is C59H70B2Cl2Na4O10. The smallest absolute Gasteiger partial charge is 0.853 e. The number of fused-ring (bicyclic) bond motifs is 5. The van der Waals surface area contributed by atoms with E-state index in [4.69, 9.17) is 32.7 Å². The molecule has 4 saturated carbocycles. The number of carboxylic acid groups (broad SMARTS) is 2. The zero-order chi connectivity index (χ0) is 52.4. The van der Waals surface area contributed by atoms with Gasteiger partial charge >= 0.3 is 118 Å². The van der Waals surface area contributed by atoms with E-state index in [2.05, 4.69) is 34.6 Å². The molecule has 0 saturated heterocycles. The van der Waals surface area contributed by atoms with Crippen molar-refractivity contribution in [3.63, 3.8) is 0 Å². The summed E-state index contributed by atoms with van der Waals surface area (Å²) in [6.45, 7) is 11.9. The number of rotatable bonds is 20. The zero-order valence-electron chi connectivity index (χ0n) is 47.0. The summed E-state index contributed by atoms with van der Waals surface area (Å²) in [5.41, 5.74) is 1.95. The van der Waals surface area contributed by atoms with Crippen molar-refractivity contribution in [2.45, 2.75) is 138 Å². The van der Waals surface area contributed by atoms with Gasteiger partial charge in [-0.3, -0.25) is 0 Å². The Morgan fingerprint density at radius 3 is 1.71 bits per heavy atom. The van der Waals surface area contributed by atoms with Crippen molar-refractivity contribution in [2.75, 3.05) is 0 Å². The van der Waals surface area contributed by atoms with E-state index in [1.165, 1.54) is 101 Å². The summed E-state index contributed by atoms with van der Waals surface area (Å²) in [5, 5.41) is 69.2. The van der Waals surface area contributed by atoms with Gasteiger partial charge in [0.05, 0.1) is 22.0 Å². The van der Waals surface area contributed by atoms with Gasteiger partial charge in [-0.1, -0.05) is 143 Å². The topological polar surface area (TPSA) is 185 Å². The average molecular weight is 1120 g/mol. The van der Waals surface area contributed by atoms with Crippen molar-refractivity contribution in [2.24, 2.45) is 58.2 Å². The molecule has 4 fully saturated rings. The molecule has 0 amide bonds.